The first-order valence-corrected chi connectivity index (χ1v) is 9.52. The van der Waals surface area contributed by atoms with Crippen molar-refractivity contribution in [2.45, 2.75) is 26.4 Å². The molecule has 2 N–H and O–H groups in total. The second-order valence-corrected chi connectivity index (χ2v) is 7.32. The lowest BCUT2D eigenvalue weighted by atomic mass is 10.0. The van der Waals surface area contributed by atoms with Crippen LogP contribution in [-0.4, -0.2) is 46.9 Å². The smallest absolute Gasteiger partial charge is 0.251 e. The first-order chi connectivity index (χ1) is 13.9. The van der Waals surface area contributed by atoms with Gasteiger partial charge < -0.3 is 19.9 Å². The highest BCUT2D eigenvalue weighted by Crippen LogP contribution is 2.15. The monoisotopic (exact) mass is 394 g/mol. The SMILES string of the molecule is COc1ccc(C(=O)NC(C(=O)N(C)Cc2nc3ccccc3[nH]2)C(C)C)cc1. The normalized spacial score (nSPS) is 12.0. The molecule has 0 bridgehead atoms. The number of hydrogen-bond donors (Lipinski definition) is 2. The highest BCUT2D eigenvalue weighted by molar-refractivity contribution is 5.97. The van der Waals surface area contributed by atoms with Gasteiger partial charge in [-0.25, -0.2) is 4.98 Å². The van der Waals surface area contributed by atoms with Crippen molar-refractivity contribution in [3.8, 4) is 5.75 Å². The van der Waals surface area contributed by atoms with Gasteiger partial charge in [0.1, 0.15) is 17.6 Å². The Bertz CT molecular complexity index is 962. The third-order valence-corrected chi connectivity index (χ3v) is 4.77. The van der Waals surface area contributed by atoms with E-state index >= 15 is 0 Å². The molecule has 1 unspecified atom stereocenters. The Morgan fingerprint density at radius 1 is 1.14 bits per heavy atom. The number of rotatable bonds is 7. The summed E-state index contributed by atoms with van der Waals surface area (Å²) in [6.07, 6.45) is 0. The average molecular weight is 394 g/mol. The fraction of sp³-hybridized carbons (Fsp3) is 0.318. The van der Waals surface area contributed by atoms with Gasteiger partial charge >= 0.3 is 0 Å². The van der Waals surface area contributed by atoms with E-state index in [0.717, 1.165) is 11.0 Å². The molecule has 7 heteroatoms. The van der Waals surface area contributed by atoms with E-state index in [2.05, 4.69) is 15.3 Å². The Balaban J connectivity index is 1.69. The Kier molecular flexibility index (Phi) is 6.16. The highest BCUT2D eigenvalue weighted by atomic mass is 16.5. The molecule has 0 saturated heterocycles. The van der Waals surface area contributed by atoms with Crippen molar-refractivity contribution in [1.82, 2.24) is 20.2 Å². The minimum absolute atomic E-state index is 0.0668. The van der Waals surface area contributed by atoms with E-state index in [-0.39, 0.29) is 17.7 Å². The molecular formula is C22H26N4O3. The molecule has 1 atom stereocenters. The fourth-order valence-corrected chi connectivity index (χ4v) is 3.10. The third kappa shape index (κ3) is 4.74. The van der Waals surface area contributed by atoms with Gasteiger partial charge in [0.05, 0.1) is 24.7 Å². The summed E-state index contributed by atoms with van der Waals surface area (Å²) in [5.74, 6) is 0.844. The quantitative estimate of drug-likeness (QED) is 0.645. The maximum Gasteiger partial charge on any atom is 0.251 e. The molecule has 1 aromatic heterocycles. The summed E-state index contributed by atoms with van der Waals surface area (Å²) in [4.78, 5) is 35.0. The van der Waals surface area contributed by atoms with Crippen LogP contribution in [0.25, 0.3) is 11.0 Å². The van der Waals surface area contributed by atoms with Gasteiger partial charge in [-0.3, -0.25) is 9.59 Å². The van der Waals surface area contributed by atoms with E-state index < -0.39 is 6.04 Å². The molecule has 2 amide bonds. The number of carbonyl (C=O) groups is 2. The van der Waals surface area contributed by atoms with Gasteiger partial charge in [-0.2, -0.15) is 0 Å². The standard InChI is InChI=1S/C22H26N4O3/c1-14(2)20(25-21(27)15-9-11-16(29-4)12-10-15)22(28)26(3)13-19-23-17-7-5-6-8-18(17)24-19/h5-12,14,20H,13H2,1-4H3,(H,23,24)(H,25,27). The van der Waals surface area contributed by atoms with E-state index in [1.165, 1.54) is 0 Å². The number of aromatic nitrogens is 2. The predicted octanol–water partition coefficient (Wildman–Crippen LogP) is 2.98. The van der Waals surface area contributed by atoms with Crippen molar-refractivity contribution in [2.75, 3.05) is 14.2 Å². The lowest BCUT2D eigenvalue weighted by Gasteiger charge is -2.26. The molecule has 3 rings (SSSR count). The second kappa shape index (κ2) is 8.77. The molecule has 2 aromatic carbocycles. The number of amides is 2. The van der Waals surface area contributed by atoms with E-state index in [4.69, 9.17) is 4.74 Å². The Morgan fingerprint density at radius 3 is 2.45 bits per heavy atom. The van der Waals surface area contributed by atoms with Crippen LogP contribution in [0.1, 0.15) is 30.0 Å². The molecule has 0 aliphatic carbocycles. The van der Waals surface area contributed by atoms with Crippen molar-refractivity contribution >= 4 is 22.8 Å². The van der Waals surface area contributed by atoms with Crippen LogP contribution in [0, 0.1) is 5.92 Å². The summed E-state index contributed by atoms with van der Waals surface area (Å²) >= 11 is 0. The van der Waals surface area contributed by atoms with Crippen molar-refractivity contribution < 1.29 is 14.3 Å². The summed E-state index contributed by atoms with van der Waals surface area (Å²) in [7, 11) is 3.28. The minimum atomic E-state index is -0.640. The molecular weight excluding hydrogens is 368 g/mol. The number of methoxy groups -OCH3 is 1. The summed E-state index contributed by atoms with van der Waals surface area (Å²) in [6, 6.07) is 13.9. The first-order valence-electron chi connectivity index (χ1n) is 9.52. The Labute approximate surface area is 170 Å². The number of nitrogens with zero attached hydrogens (tertiary/aromatic N) is 2. The average Bonchev–Trinajstić information content (AvgIpc) is 3.13. The number of fused-ring (bicyclic) bond motifs is 1. The van der Waals surface area contributed by atoms with Crippen LogP contribution in [0.5, 0.6) is 5.75 Å². The number of carbonyl (C=O) groups excluding carboxylic acids is 2. The van der Waals surface area contributed by atoms with E-state index in [0.29, 0.717) is 23.7 Å². The number of H-pyrrole nitrogens is 1. The molecule has 0 saturated carbocycles. The molecule has 1 heterocycles. The second-order valence-electron chi connectivity index (χ2n) is 7.32. The number of benzene rings is 2. The van der Waals surface area contributed by atoms with Crippen LogP contribution >= 0.6 is 0 Å². The van der Waals surface area contributed by atoms with Gasteiger partial charge in [-0.1, -0.05) is 26.0 Å². The van der Waals surface area contributed by atoms with Crippen LogP contribution in [0.4, 0.5) is 0 Å². The predicted molar refractivity (Wildman–Crippen MR) is 112 cm³/mol. The lowest BCUT2D eigenvalue weighted by Crippen LogP contribution is -2.50. The van der Waals surface area contributed by atoms with Crippen molar-refractivity contribution in [1.29, 1.82) is 0 Å². The maximum absolute atomic E-state index is 13.0. The molecule has 0 radical (unpaired) electrons. The van der Waals surface area contributed by atoms with Crippen LogP contribution in [0.3, 0.4) is 0 Å². The maximum atomic E-state index is 13.0. The van der Waals surface area contributed by atoms with Crippen molar-refractivity contribution in [3.63, 3.8) is 0 Å². The van der Waals surface area contributed by atoms with E-state index in [9.17, 15) is 9.59 Å². The molecule has 0 aliphatic rings. The molecule has 3 aromatic rings. The number of nitrogens with one attached hydrogen (secondary N) is 2. The number of imidazole rings is 1. The van der Waals surface area contributed by atoms with Crippen LogP contribution in [-0.2, 0) is 11.3 Å². The Morgan fingerprint density at radius 2 is 1.83 bits per heavy atom. The lowest BCUT2D eigenvalue weighted by molar-refractivity contribution is -0.133. The number of hydrogen-bond acceptors (Lipinski definition) is 4. The van der Waals surface area contributed by atoms with Gasteiger partial charge in [0.15, 0.2) is 0 Å². The van der Waals surface area contributed by atoms with Gasteiger partial charge in [-0.05, 0) is 42.3 Å². The summed E-state index contributed by atoms with van der Waals surface area (Å²) in [5, 5.41) is 2.86. The first kappa shape index (κ1) is 20.4. The van der Waals surface area contributed by atoms with Gasteiger partial charge in [0.2, 0.25) is 5.91 Å². The van der Waals surface area contributed by atoms with Gasteiger partial charge in [0, 0.05) is 12.6 Å². The van der Waals surface area contributed by atoms with Crippen molar-refractivity contribution in [3.05, 3.63) is 59.9 Å². The number of aromatic amines is 1. The molecule has 0 spiro atoms. The molecule has 29 heavy (non-hydrogen) atoms. The highest BCUT2D eigenvalue weighted by Gasteiger charge is 2.28. The molecule has 0 fully saturated rings. The number of para-hydroxylation sites is 2. The molecule has 7 nitrogen and oxygen atoms in total. The summed E-state index contributed by atoms with van der Waals surface area (Å²) < 4.78 is 5.11. The fourth-order valence-electron chi connectivity index (χ4n) is 3.10. The topological polar surface area (TPSA) is 87.3 Å². The van der Waals surface area contributed by atoms with Crippen LogP contribution in [0.2, 0.25) is 0 Å². The summed E-state index contributed by atoms with van der Waals surface area (Å²) in [5.41, 5.74) is 2.26. The minimum Gasteiger partial charge on any atom is -0.497 e. The van der Waals surface area contributed by atoms with Crippen LogP contribution in [0.15, 0.2) is 48.5 Å². The van der Waals surface area contributed by atoms with E-state index in [1.54, 1.807) is 43.3 Å². The summed E-state index contributed by atoms with van der Waals surface area (Å²) in [6.45, 7) is 4.15. The zero-order valence-corrected chi connectivity index (χ0v) is 17.1. The largest absolute Gasteiger partial charge is 0.497 e. The number of ether oxygens (including phenoxy) is 1. The molecule has 152 valence electrons. The zero-order valence-electron chi connectivity index (χ0n) is 17.1. The van der Waals surface area contributed by atoms with Crippen LogP contribution < -0.4 is 10.1 Å². The zero-order chi connectivity index (χ0) is 21.0. The van der Waals surface area contributed by atoms with Gasteiger partial charge in [-0.15, -0.1) is 0 Å². The van der Waals surface area contributed by atoms with Gasteiger partial charge in [0.25, 0.3) is 5.91 Å². The number of likely N-dealkylation sites (N-methyl/N-ethyl adjacent to an activating group) is 1. The van der Waals surface area contributed by atoms with E-state index in [1.807, 2.05) is 38.1 Å². The molecule has 0 aliphatic heterocycles. The Hall–Kier alpha value is -3.35. The van der Waals surface area contributed by atoms with Crippen molar-refractivity contribution in [2.24, 2.45) is 5.92 Å². The third-order valence-electron chi connectivity index (χ3n) is 4.77.